The normalized spacial score (nSPS) is 34.2. The first-order chi connectivity index (χ1) is 8.13. The molecule has 2 heterocycles. The number of nitrogens with zero attached hydrogens (tertiary/aromatic N) is 2. The highest BCUT2D eigenvalue weighted by Crippen LogP contribution is 2.53. The van der Waals surface area contributed by atoms with Crippen LogP contribution in [-0.2, 0) is 11.2 Å². The van der Waals surface area contributed by atoms with Gasteiger partial charge in [-0.05, 0) is 6.42 Å². The van der Waals surface area contributed by atoms with E-state index in [1.165, 1.54) is 18.0 Å². The zero-order chi connectivity index (χ0) is 12.0. The number of aromatic nitrogens is 2. The maximum atomic E-state index is 5.79. The molecule has 0 aromatic carbocycles. The molecule has 1 aromatic rings. The van der Waals surface area contributed by atoms with E-state index >= 15 is 0 Å². The summed E-state index contributed by atoms with van der Waals surface area (Å²) in [6.45, 7) is 7.55. The van der Waals surface area contributed by atoms with E-state index in [-0.39, 0.29) is 5.41 Å². The lowest BCUT2D eigenvalue weighted by molar-refractivity contribution is -0.0923. The zero-order valence-electron chi connectivity index (χ0n) is 10.6. The van der Waals surface area contributed by atoms with Crippen molar-refractivity contribution in [3.05, 3.63) is 5.82 Å². The van der Waals surface area contributed by atoms with Gasteiger partial charge in [-0.25, -0.2) is 4.98 Å². The average Bonchev–Trinajstić information content (AvgIpc) is 2.93. The van der Waals surface area contributed by atoms with Crippen LogP contribution < -0.4 is 5.32 Å². The van der Waals surface area contributed by atoms with Gasteiger partial charge in [0.15, 0.2) is 0 Å². The standard InChI is InChI=1S/C12H19N3OS/c1-4-8-13-11(17-15-8)14-9-7-5-6-16-10(7)12(9,2)3/h7,9-10H,4-6H2,1-3H3,(H,13,14,15)/t7-,9-,10+/m1/s1. The van der Waals surface area contributed by atoms with Crippen LogP contribution in [-0.4, -0.2) is 28.1 Å². The van der Waals surface area contributed by atoms with E-state index < -0.39 is 0 Å². The highest BCUT2D eigenvalue weighted by molar-refractivity contribution is 7.09. The van der Waals surface area contributed by atoms with E-state index in [0.717, 1.165) is 24.0 Å². The van der Waals surface area contributed by atoms with Crippen molar-refractivity contribution in [3.63, 3.8) is 0 Å². The van der Waals surface area contributed by atoms with E-state index in [9.17, 15) is 0 Å². The van der Waals surface area contributed by atoms with Crippen LogP contribution in [0.5, 0.6) is 0 Å². The second-order valence-electron chi connectivity index (χ2n) is 5.56. The summed E-state index contributed by atoms with van der Waals surface area (Å²) in [7, 11) is 0. The Hall–Kier alpha value is -0.680. The van der Waals surface area contributed by atoms with Crippen LogP contribution in [0.15, 0.2) is 0 Å². The quantitative estimate of drug-likeness (QED) is 0.898. The van der Waals surface area contributed by atoms with Gasteiger partial charge in [0.25, 0.3) is 0 Å². The molecule has 3 rings (SSSR count). The summed E-state index contributed by atoms with van der Waals surface area (Å²) in [5, 5.41) is 4.52. The SMILES string of the molecule is CCc1nsc(N[C@@H]2[C@H]3CCO[C@@H]3C2(C)C)n1. The number of ether oxygens (including phenoxy) is 1. The van der Waals surface area contributed by atoms with Crippen LogP contribution in [0.4, 0.5) is 5.13 Å². The minimum Gasteiger partial charge on any atom is -0.377 e. The first-order valence-electron chi connectivity index (χ1n) is 6.33. The van der Waals surface area contributed by atoms with Crippen LogP contribution in [0.1, 0.15) is 33.0 Å². The van der Waals surface area contributed by atoms with Crippen LogP contribution in [0, 0.1) is 11.3 Å². The second kappa shape index (κ2) is 3.92. The molecule has 1 aliphatic carbocycles. The topological polar surface area (TPSA) is 47.0 Å². The zero-order valence-corrected chi connectivity index (χ0v) is 11.4. The third-order valence-electron chi connectivity index (χ3n) is 4.16. The fourth-order valence-corrected chi connectivity index (χ4v) is 3.89. The van der Waals surface area contributed by atoms with Crippen molar-refractivity contribution >= 4 is 16.7 Å². The van der Waals surface area contributed by atoms with Gasteiger partial charge in [0.1, 0.15) is 5.82 Å². The van der Waals surface area contributed by atoms with Gasteiger partial charge in [-0.15, -0.1) is 0 Å². The molecule has 5 heteroatoms. The number of anilines is 1. The van der Waals surface area contributed by atoms with Gasteiger partial charge in [-0.3, -0.25) is 0 Å². The van der Waals surface area contributed by atoms with Crippen molar-refractivity contribution in [2.75, 3.05) is 11.9 Å². The third kappa shape index (κ3) is 1.67. The van der Waals surface area contributed by atoms with Crippen molar-refractivity contribution in [2.45, 2.75) is 45.8 Å². The fraction of sp³-hybridized carbons (Fsp3) is 0.833. The molecule has 94 valence electrons. The lowest BCUT2D eigenvalue weighted by Crippen LogP contribution is -2.63. The summed E-state index contributed by atoms with van der Waals surface area (Å²) in [6.07, 6.45) is 2.51. The van der Waals surface area contributed by atoms with Gasteiger partial charge < -0.3 is 10.1 Å². The first kappa shape index (κ1) is 11.4. The highest BCUT2D eigenvalue weighted by Gasteiger charge is 2.59. The molecule has 0 bridgehead atoms. The Morgan fingerprint density at radius 2 is 2.35 bits per heavy atom. The number of rotatable bonds is 3. The maximum Gasteiger partial charge on any atom is 0.202 e. The van der Waals surface area contributed by atoms with Crippen LogP contribution in [0.25, 0.3) is 0 Å². The van der Waals surface area contributed by atoms with Gasteiger partial charge in [-0.1, -0.05) is 20.8 Å². The molecule has 2 fully saturated rings. The molecule has 1 saturated heterocycles. The summed E-state index contributed by atoms with van der Waals surface area (Å²) in [6, 6.07) is 0.479. The summed E-state index contributed by atoms with van der Waals surface area (Å²) >= 11 is 1.47. The Morgan fingerprint density at radius 3 is 3.06 bits per heavy atom. The molecule has 1 saturated carbocycles. The molecule has 2 aliphatic rings. The first-order valence-corrected chi connectivity index (χ1v) is 7.11. The Morgan fingerprint density at radius 1 is 1.53 bits per heavy atom. The predicted molar refractivity (Wildman–Crippen MR) is 68.3 cm³/mol. The van der Waals surface area contributed by atoms with Crippen LogP contribution in [0.2, 0.25) is 0 Å². The molecule has 0 amide bonds. The minimum absolute atomic E-state index is 0.208. The van der Waals surface area contributed by atoms with Crippen molar-refractivity contribution in [1.82, 2.24) is 9.36 Å². The molecule has 3 atom stereocenters. The van der Waals surface area contributed by atoms with Crippen molar-refractivity contribution in [2.24, 2.45) is 11.3 Å². The van der Waals surface area contributed by atoms with Crippen LogP contribution in [0.3, 0.4) is 0 Å². The summed E-state index contributed by atoms with van der Waals surface area (Å²) in [5.74, 6) is 1.59. The van der Waals surface area contributed by atoms with Gasteiger partial charge in [-0.2, -0.15) is 4.37 Å². The minimum atomic E-state index is 0.208. The molecule has 0 unspecified atom stereocenters. The Kier molecular flexibility index (Phi) is 2.63. The number of aryl methyl sites for hydroxylation is 1. The number of fused-ring (bicyclic) bond motifs is 1. The smallest absolute Gasteiger partial charge is 0.202 e. The van der Waals surface area contributed by atoms with Crippen molar-refractivity contribution in [1.29, 1.82) is 0 Å². The number of nitrogens with one attached hydrogen (secondary N) is 1. The van der Waals surface area contributed by atoms with Gasteiger partial charge in [0, 0.05) is 41.9 Å². The Bertz CT molecular complexity index is 418. The van der Waals surface area contributed by atoms with E-state index in [4.69, 9.17) is 4.74 Å². The molecule has 4 nitrogen and oxygen atoms in total. The van der Waals surface area contributed by atoms with Gasteiger partial charge in [0.2, 0.25) is 5.13 Å². The molecule has 0 radical (unpaired) electrons. The Labute approximate surface area is 106 Å². The number of hydrogen-bond donors (Lipinski definition) is 1. The van der Waals surface area contributed by atoms with E-state index in [2.05, 4.69) is 35.4 Å². The lowest BCUT2D eigenvalue weighted by atomic mass is 9.57. The molecule has 1 aliphatic heterocycles. The van der Waals surface area contributed by atoms with E-state index in [0.29, 0.717) is 18.1 Å². The second-order valence-corrected chi connectivity index (χ2v) is 6.31. The lowest BCUT2D eigenvalue weighted by Gasteiger charge is -2.54. The fourth-order valence-electron chi connectivity index (χ4n) is 3.21. The van der Waals surface area contributed by atoms with E-state index in [1.54, 1.807) is 0 Å². The van der Waals surface area contributed by atoms with Gasteiger partial charge in [0.05, 0.1) is 6.10 Å². The average molecular weight is 253 g/mol. The highest BCUT2D eigenvalue weighted by atomic mass is 32.1. The molecular formula is C12H19N3OS. The Balaban J connectivity index is 1.73. The molecule has 0 spiro atoms. The third-order valence-corrected chi connectivity index (χ3v) is 4.85. The summed E-state index contributed by atoms with van der Waals surface area (Å²) < 4.78 is 10.1. The summed E-state index contributed by atoms with van der Waals surface area (Å²) in [5.41, 5.74) is 0.208. The summed E-state index contributed by atoms with van der Waals surface area (Å²) in [4.78, 5) is 4.49. The van der Waals surface area contributed by atoms with Crippen molar-refractivity contribution in [3.8, 4) is 0 Å². The molecule has 1 N–H and O–H groups in total. The number of hydrogen-bond acceptors (Lipinski definition) is 5. The maximum absolute atomic E-state index is 5.79. The molecule has 17 heavy (non-hydrogen) atoms. The molecular weight excluding hydrogens is 234 g/mol. The monoisotopic (exact) mass is 253 g/mol. The largest absolute Gasteiger partial charge is 0.377 e. The molecule has 1 aromatic heterocycles. The van der Waals surface area contributed by atoms with E-state index in [1.807, 2.05) is 0 Å². The van der Waals surface area contributed by atoms with Crippen molar-refractivity contribution < 1.29 is 4.74 Å². The van der Waals surface area contributed by atoms with Gasteiger partial charge >= 0.3 is 0 Å². The predicted octanol–water partition coefficient (Wildman–Crippen LogP) is 2.33. The van der Waals surface area contributed by atoms with Crippen LogP contribution >= 0.6 is 11.5 Å².